The Morgan fingerprint density at radius 2 is 1.86 bits per heavy atom. The van der Waals surface area contributed by atoms with Gasteiger partial charge in [-0.05, 0) is 37.1 Å². The minimum absolute atomic E-state index is 0.0369. The van der Waals surface area contributed by atoms with Gasteiger partial charge >= 0.3 is 6.01 Å². The second-order valence-corrected chi connectivity index (χ2v) is 5.55. The van der Waals surface area contributed by atoms with Crippen LogP contribution in [0, 0.1) is 0 Å². The van der Waals surface area contributed by atoms with Crippen LogP contribution in [-0.2, 0) is 6.54 Å². The summed E-state index contributed by atoms with van der Waals surface area (Å²) >= 11 is 12.1. The van der Waals surface area contributed by atoms with Crippen LogP contribution in [0.2, 0.25) is 10.3 Å². The molecule has 0 atom stereocenters. The summed E-state index contributed by atoms with van der Waals surface area (Å²) in [5.41, 5.74) is 0.976. The van der Waals surface area contributed by atoms with Gasteiger partial charge in [-0.25, -0.2) is 0 Å². The molecule has 0 aliphatic heterocycles. The van der Waals surface area contributed by atoms with Gasteiger partial charge in [-0.3, -0.25) is 0 Å². The van der Waals surface area contributed by atoms with Crippen LogP contribution in [0.25, 0.3) is 0 Å². The predicted molar refractivity (Wildman–Crippen MR) is 84.2 cm³/mol. The first-order chi connectivity index (χ1) is 9.95. The van der Waals surface area contributed by atoms with Crippen LogP contribution >= 0.6 is 23.2 Å². The molecule has 0 N–H and O–H groups in total. The Hall–Kier alpha value is -1.59. The molecule has 21 heavy (non-hydrogen) atoms. The summed E-state index contributed by atoms with van der Waals surface area (Å²) in [5, 5.41) is 0.796. The first kappa shape index (κ1) is 15.8. The molecule has 0 fully saturated rings. The number of anilines is 1. The van der Waals surface area contributed by atoms with Crippen LogP contribution in [0.15, 0.2) is 24.3 Å². The average molecular weight is 327 g/mol. The van der Waals surface area contributed by atoms with E-state index in [1.54, 1.807) is 0 Å². The van der Waals surface area contributed by atoms with E-state index in [1.807, 2.05) is 50.1 Å². The molecule has 112 valence electrons. The molecule has 1 aromatic heterocycles. The average Bonchev–Trinajstić information content (AvgIpc) is 2.40. The van der Waals surface area contributed by atoms with Crippen molar-refractivity contribution in [2.24, 2.45) is 0 Å². The fourth-order valence-electron chi connectivity index (χ4n) is 1.71. The van der Waals surface area contributed by atoms with E-state index in [9.17, 15) is 0 Å². The molecule has 0 unspecified atom stereocenters. The van der Waals surface area contributed by atoms with Crippen LogP contribution in [0.5, 0.6) is 6.01 Å². The lowest BCUT2D eigenvalue weighted by Gasteiger charge is -2.18. The summed E-state index contributed by atoms with van der Waals surface area (Å²) in [6, 6.07) is 7.83. The monoisotopic (exact) mass is 326 g/mol. The van der Waals surface area contributed by atoms with Crippen molar-refractivity contribution in [2.45, 2.75) is 26.5 Å². The third-order valence-electron chi connectivity index (χ3n) is 2.62. The molecule has 0 saturated heterocycles. The molecular weight excluding hydrogens is 311 g/mol. The maximum absolute atomic E-state index is 6.16. The summed E-state index contributed by atoms with van der Waals surface area (Å²) in [5.74, 6) is 0.436. The minimum atomic E-state index is -0.0369. The zero-order valence-corrected chi connectivity index (χ0v) is 13.6. The van der Waals surface area contributed by atoms with Gasteiger partial charge < -0.3 is 9.64 Å². The highest BCUT2D eigenvalue weighted by molar-refractivity contribution is 6.31. The van der Waals surface area contributed by atoms with Crippen molar-refractivity contribution in [1.82, 2.24) is 15.0 Å². The van der Waals surface area contributed by atoms with Crippen molar-refractivity contribution in [3.63, 3.8) is 0 Å². The van der Waals surface area contributed by atoms with E-state index in [1.165, 1.54) is 0 Å². The van der Waals surface area contributed by atoms with Crippen molar-refractivity contribution in [1.29, 1.82) is 0 Å². The van der Waals surface area contributed by atoms with Crippen molar-refractivity contribution < 1.29 is 4.74 Å². The standard InChI is InChI=1S/C14H16Cl2N4O/c1-9(2)21-14-18-12(16)17-13(19-14)20(3)8-10-6-4-5-7-11(10)15/h4-7,9H,8H2,1-3H3. The highest BCUT2D eigenvalue weighted by Crippen LogP contribution is 2.20. The second kappa shape index (κ2) is 6.91. The Bertz CT molecular complexity index is 622. The topological polar surface area (TPSA) is 51.1 Å². The molecule has 0 radical (unpaired) electrons. The Balaban J connectivity index is 2.20. The predicted octanol–water partition coefficient (Wildman–Crippen LogP) is 3.60. The maximum atomic E-state index is 6.16. The Morgan fingerprint density at radius 3 is 2.52 bits per heavy atom. The zero-order valence-electron chi connectivity index (χ0n) is 12.0. The van der Waals surface area contributed by atoms with Crippen LogP contribution < -0.4 is 9.64 Å². The van der Waals surface area contributed by atoms with E-state index in [2.05, 4.69) is 15.0 Å². The molecule has 0 aliphatic carbocycles. The fraction of sp³-hybridized carbons (Fsp3) is 0.357. The Kier molecular flexibility index (Phi) is 5.20. The van der Waals surface area contributed by atoms with Crippen molar-refractivity contribution in [2.75, 3.05) is 11.9 Å². The van der Waals surface area contributed by atoms with Gasteiger partial charge in [0.1, 0.15) is 0 Å². The van der Waals surface area contributed by atoms with Crippen molar-refractivity contribution in [3.05, 3.63) is 40.1 Å². The smallest absolute Gasteiger partial charge is 0.322 e. The van der Waals surface area contributed by atoms with E-state index in [-0.39, 0.29) is 17.4 Å². The van der Waals surface area contributed by atoms with Gasteiger partial charge in [-0.15, -0.1) is 0 Å². The number of aromatic nitrogens is 3. The molecule has 0 aliphatic rings. The number of hydrogen-bond donors (Lipinski definition) is 0. The third kappa shape index (κ3) is 4.44. The lowest BCUT2D eigenvalue weighted by molar-refractivity contribution is 0.221. The lowest BCUT2D eigenvalue weighted by Crippen LogP contribution is -2.20. The number of ether oxygens (including phenoxy) is 1. The van der Waals surface area contributed by atoms with Gasteiger partial charge in [-0.1, -0.05) is 29.8 Å². The fourth-order valence-corrected chi connectivity index (χ4v) is 2.05. The van der Waals surface area contributed by atoms with Crippen molar-refractivity contribution >= 4 is 29.2 Å². The number of rotatable bonds is 5. The molecule has 7 heteroatoms. The van der Waals surface area contributed by atoms with E-state index in [4.69, 9.17) is 27.9 Å². The summed E-state index contributed by atoms with van der Waals surface area (Å²) in [4.78, 5) is 14.2. The summed E-state index contributed by atoms with van der Waals surface area (Å²) in [6.07, 6.45) is -0.0369. The number of benzene rings is 1. The number of nitrogens with zero attached hydrogens (tertiary/aromatic N) is 4. The summed E-state index contributed by atoms with van der Waals surface area (Å²) in [6.45, 7) is 4.34. The Labute approximate surface area is 133 Å². The van der Waals surface area contributed by atoms with Crippen LogP contribution in [-0.4, -0.2) is 28.1 Å². The quantitative estimate of drug-likeness (QED) is 0.840. The SMILES string of the molecule is CC(C)Oc1nc(Cl)nc(N(C)Cc2ccccc2Cl)n1. The number of hydrogen-bond acceptors (Lipinski definition) is 5. The van der Waals surface area contributed by atoms with E-state index >= 15 is 0 Å². The summed E-state index contributed by atoms with van der Waals surface area (Å²) in [7, 11) is 1.86. The molecule has 0 amide bonds. The molecule has 0 bridgehead atoms. The maximum Gasteiger partial charge on any atom is 0.322 e. The highest BCUT2D eigenvalue weighted by Gasteiger charge is 2.12. The molecule has 5 nitrogen and oxygen atoms in total. The number of halogens is 2. The van der Waals surface area contributed by atoms with Crippen LogP contribution in [0.4, 0.5) is 5.95 Å². The lowest BCUT2D eigenvalue weighted by atomic mass is 10.2. The van der Waals surface area contributed by atoms with E-state index in [0.29, 0.717) is 17.5 Å². The molecule has 2 rings (SSSR count). The molecule has 0 spiro atoms. The minimum Gasteiger partial charge on any atom is -0.461 e. The van der Waals surface area contributed by atoms with Gasteiger partial charge in [0, 0.05) is 18.6 Å². The first-order valence-electron chi connectivity index (χ1n) is 6.48. The molecule has 1 aromatic carbocycles. The third-order valence-corrected chi connectivity index (χ3v) is 3.16. The summed E-state index contributed by atoms with van der Waals surface area (Å²) < 4.78 is 5.46. The van der Waals surface area contributed by atoms with Gasteiger partial charge in [0.05, 0.1) is 6.10 Å². The van der Waals surface area contributed by atoms with Crippen LogP contribution in [0.3, 0.4) is 0 Å². The highest BCUT2D eigenvalue weighted by atomic mass is 35.5. The zero-order chi connectivity index (χ0) is 15.4. The van der Waals surface area contributed by atoms with Crippen molar-refractivity contribution in [3.8, 4) is 6.01 Å². The molecule has 1 heterocycles. The molecule has 0 saturated carbocycles. The van der Waals surface area contributed by atoms with Gasteiger partial charge in [0.25, 0.3) is 0 Å². The van der Waals surface area contributed by atoms with E-state index in [0.717, 1.165) is 5.56 Å². The molecular formula is C14H16Cl2N4O. The molecule has 2 aromatic rings. The van der Waals surface area contributed by atoms with Gasteiger partial charge in [0.15, 0.2) is 0 Å². The normalized spacial score (nSPS) is 10.8. The second-order valence-electron chi connectivity index (χ2n) is 4.80. The van der Waals surface area contributed by atoms with Gasteiger partial charge in [0.2, 0.25) is 11.2 Å². The van der Waals surface area contributed by atoms with Crippen LogP contribution in [0.1, 0.15) is 19.4 Å². The first-order valence-corrected chi connectivity index (χ1v) is 7.24. The Morgan fingerprint density at radius 1 is 1.14 bits per heavy atom. The van der Waals surface area contributed by atoms with Gasteiger partial charge in [-0.2, -0.15) is 15.0 Å². The van der Waals surface area contributed by atoms with E-state index < -0.39 is 0 Å². The largest absolute Gasteiger partial charge is 0.461 e.